The van der Waals surface area contributed by atoms with Gasteiger partial charge in [-0.2, -0.15) is 0 Å². The highest BCUT2D eigenvalue weighted by atomic mass is 16.5. The van der Waals surface area contributed by atoms with Crippen LogP contribution in [-0.4, -0.2) is 56.1 Å². The summed E-state index contributed by atoms with van der Waals surface area (Å²) in [5.74, 6) is 1.51. The average molecular weight is 334 g/mol. The predicted octanol–water partition coefficient (Wildman–Crippen LogP) is 2.74. The second kappa shape index (κ2) is 9.64. The van der Waals surface area contributed by atoms with Crippen LogP contribution >= 0.6 is 0 Å². The molecule has 1 aromatic rings. The molecule has 0 aromatic heterocycles. The van der Waals surface area contributed by atoms with E-state index in [9.17, 15) is 4.79 Å². The average Bonchev–Trinajstić information content (AvgIpc) is 2.64. The van der Waals surface area contributed by atoms with Crippen molar-refractivity contribution < 1.29 is 14.3 Å². The molecule has 24 heavy (non-hydrogen) atoms. The lowest BCUT2D eigenvalue weighted by Gasteiger charge is -2.32. The molecule has 1 saturated heterocycles. The Labute approximate surface area is 145 Å². The van der Waals surface area contributed by atoms with E-state index in [1.54, 1.807) is 0 Å². The Morgan fingerprint density at radius 2 is 1.83 bits per heavy atom. The predicted molar refractivity (Wildman–Crippen MR) is 96.2 cm³/mol. The minimum absolute atomic E-state index is 0.116. The van der Waals surface area contributed by atoms with Gasteiger partial charge in [-0.1, -0.05) is 13.8 Å². The first-order chi connectivity index (χ1) is 11.7. The van der Waals surface area contributed by atoms with Crippen molar-refractivity contribution in [2.75, 3.05) is 39.4 Å². The molecule has 5 heteroatoms. The van der Waals surface area contributed by atoms with Crippen LogP contribution in [0.4, 0.5) is 0 Å². The van der Waals surface area contributed by atoms with E-state index in [0.717, 1.165) is 44.8 Å². The number of carbonyl (C=O) groups is 1. The van der Waals surface area contributed by atoms with E-state index in [4.69, 9.17) is 9.47 Å². The quantitative estimate of drug-likeness (QED) is 0.704. The van der Waals surface area contributed by atoms with Crippen LogP contribution in [0.3, 0.4) is 0 Å². The van der Waals surface area contributed by atoms with Gasteiger partial charge < -0.3 is 14.8 Å². The minimum atomic E-state index is -0.140. The molecule has 1 unspecified atom stereocenters. The van der Waals surface area contributed by atoms with E-state index in [0.29, 0.717) is 24.5 Å². The van der Waals surface area contributed by atoms with Crippen LogP contribution in [0.1, 0.15) is 44.0 Å². The SMILES string of the molecule is CCCOc1ccc(C(=O)C(C)N2CCNCC2)c(OCCC)c1. The Bertz CT molecular complexity index is 527. The first kappa shape index (κ1) is 18.7. The number of Topliss-reactive ketones (excluding diaryl/α,β-unsaturated/α-hetero) is 1. The van der Waals surface area contributed by atoms with Crippen molar-refractivity contribution in [3.63, 3.8) is 0 Å². The fraction of sp³-hybridized carbons (Fsp3) is 0.632. The van der Waals surface area contributed by atoms with Crippen molar-refractivity contribution in [2.45, 2.75) is 39.7 Å². The second-order valence-electron chi connectivity index (χ2n) is 6.18. The van der Waals surface area contributed by atoms with Gasteiger partial charge >= 0.3 is 0 Å². The maximum absolute atomic E-state index is 13.0. The summed E-state index contributed by atoms with van der Waals surface area (Å²) < 4.78 is 11.5. The topological polar surface area (TPSA) is 50.8 Å². The van der Waals surface area contributed by atoms with Crippen molar-refractivity contribution in [2.24, 2.45) is 0 Å². The van der Waals surface area contributed by atoms with Gasteiger partial charge in [-0.25, -0.2) is 0 Å². The zero-order valence-electron chi connectivity index (χ0n) is 15.1. The van der Waals surface area contributed by atoms with Gasteiger partial charge in [-0.3, -0.25) is 9.69 Å². The molecule has 1 atom stereocenters. The lowest BCUT2D eigenvalue weighted by atomic mass is 10.0. The Hall–Kier alpha value is -1.59. The Balaban J connectivity index is 2.17. The smallest absolute Gasteiger partial charge is 0.183 e. The summed E-state index contributed by atoms with van der Waals surface area (Å²) in [7, 11) is 0. The Kier molecular flexibility index (Phi) is 7.53. The molecule has 1 aliphatic heterocycles. The molecular formula is C19H30N2O3. The number of piperazine rings is 1. The summed E-state index contributed by atoms with van der Waals surface area (Å²) in [5, 5.41) is 3.32. The van der Waals surface area contributed by atoms with E-state index < -0.39 is 0 Å². The summed E-state index contributed by atoms with van der Waals surface area (Å²) in [6.07, 6.45) is 1.85. The maximum Gasteiger partial charge on any atom is 0.183 e. The number of carbonyl (C=O) groups excluding carboxylic acids is 1. The highest BCUT2D eigenvalue weighted by Crippen LogP contribution is 2.27. The number of benzene rings is 1. The first-order valence-corrected chi connectivity index (χ1v) is 9.06. The van der Waals surface area contributed by atoms with Crippen molar-refractivity contribution in [1.82, 2.24) is 10.2 Å². The molecular weight excluding hydrogens is 304 g/mol. The third kappa shape index (κ3) is 4.95. The van der Waals surface area contributed by atoms with Gasteiger partial charge in [-0.15, -0.1) is 0 Å². The Morgan fingerprint density at radius 3 is 2.50 bits per heavy atom. The van der Waals surface area contributed by atoms with Crippen molar-refractivity contribution in [1.29, 1.82) is 0 Å². The monoisotopic (exact) mass is 334 g/mol. The van der Waals surface area contributed by atoms with Crippen LogP contribution in [-0.2, 0) is 0 Å². The van der Waals surface area contributed by atoms with Crippen LogP contribution in [0.2, 0.25) is 0 Å². The molecule has 134 valence electrons. The highest BCUT2D eigenvalue weighted by Gasteiger charge is 2.26. The molecule has 1 N–H and O–H groups in total. The molecule has 0 saturated carbocycles. The lowest BCUT2D eigenvalue weighted by molar-refractivity contribution is 0.0816. The van der Waals surface area contributed by atoms with Crippen LogP contribution in [0.25, 0.3) is 0 Å². The third-order valence-corrected chi connectivity index (χ3v) is 4.23. The number of hydrogen-bond acceptors (Lipinski definition) is 5. The second-order valence-corrected chi connectivity index (χ2v) is 6.18. The molecule has 5 nitrogen and oxygen atoms in total. The van der Waals surface area contributed by atoms with E-state index >= 15 is 0 Å². The first-order valence-electron chi connectivity index (χ1n) is 9.06. The molecule has 0 bridgehead atoms. The third-order valence-electron chi connectivity index (χ3n) is 4.23. The number of nitrogens with zero attached hydrogens (tertiary/aromatic N) is 1. The highest BCUT2D eigenvalue weighted by molar-refractivity contribution is 6.02. The van der Waals surface area contributed by atoms with Crippen molar-refractivity contribution >= 4 is 5.78 Å². The number of hydrogen-bond donors (Lipinski definition) is 1. The molecule has 0 spiro atoms. The number of rotatable bonds is 9. The van der Waals surface area contributed by atoms with E-state index in [2.05, 4.69) is 24.1 Å². The molecule has 1 heterocycles. The standard InChI is InChI=1S/C19H30N2O3/c1-4-12-23-16-6-7-17(18(14-16)24-13-5-2)19(22)15(3)21-10-8-20-9-11-21/h6-7,14-15,20H,4-5,8-13H2,1-3H3. The van der Waals surface area contributed by atoms with Crippen LogP contribution < -0.4 is 14.8 Å². The fourth-order valence-electron chi connectivity index (χ4n) is 2.81. The van der Waals surface area contributed by atoms with Gasteiger partial charge in [0.15, 0.2) is 5.78 Å². The zero-order valence-corrected chi connectivity index (χ0v) is 15.1. The van der Waals surface area contributed by atoms with Crippen LogP contribution in [0.5, 0.6) is 11.5 Å². The van der Waals surface area contributed by atoms with Crippen LogP contribution in [0, 0.1) is 0 Å². The van der Waals surface area contributed by atoms with Crippen LogP contribution in [0.15, 0.2) is 18.2 Å². The van der Waals surface area contributed by atoms with Gasteiger partial charge in [0.2, 0.25) is 0 Å². The number of ketones is 1. The van der Waals surface area contributed by atoms with Crippen molar-refractivity contribution in [3.05, 3.63) is 23.8 Å². The molecule has 1 fully saturated rings. The lowest BCUT2D eigenvalue weighted by Crippen LogP contribution is -2.50. The molecule has 1 aliphatic rings. The summed E-state index contributed by atoms with van der Waals surface area (Å²) in [5.41, 5.74) is 0.651. The van der Waals surface area contributed by atoms with Crippen molar-refractivity contribution in [3.8, 4) is 11.5 Å². The van der Waals surface area contributed by atoms with E-state index in [-0.39, 0.29) is 11.8 Å². The summed E-state index contributed by atoms with van der Waals surface area (Å²) in [4.78, 5) is 15.2. The summed E-state index contributed by atoms with van der Waals surface area (Å²) in [6, 6.07) is 5.42. The summed E-state index contributed by atoms with van der Waals surface area (Å²) >= 11 is 0. The van der Waals surface area contributed by atoms with Gasteiger partial charge in [-0.05, 0) is 31.9 Å². The molecule has 0 aliphatic carbocycles. The van der Waals surface area contributed by atoms with Gasteiger partial charge in [0, 0.05) is 32.2 Å². The number of ether oxygens (including phenoxy) is 2. The normalized spacial score (nSPS) is 16.6. The molecule has 2 rings (SSSR count). The minimum Gasteiger partial charge on any atom is -0.493 e. The number of nitrogens with one attached hydrogen (secondary N) is 1. The summed E-state index contributed by atoms with van der Waals surface area (Å²) in [6.45, 7) is 11.0. The van der Waals surface area contributed by atoms with E-state index in [1.807, 2.05) is 25.1 Å². The largest absolute Gasteiger partial charge is 0.493 e. The maximum atomic E-state index is 13.0. The fourth-order valence-corrected chi connectivity index (χ4v) is 2.81. The van der Waals surface area contributed by atoms with E-state index in [1.165, 1.54) is 0 Å². The molecule has 0 amide bonds. The Morgan fingerprint density at radius 1 is 1.17 bits per heavy atom. The van der Waals surface area contributed by atoms with Gasteiger partial charge in [0.25, 0.3) is 0 Å². The molecule has 1 aromatic carbocycles. The zero-order chi connectivity index (χ0) is 17.4. The van der Waals surface area contributed by atoms with Gasteiger partial charge in [0.1, 0.15) is 11.5 Å². The van der Waals surface area contributed by atoms with Gasteiger partial charge in [0.05, 0.1) is 24.8 Å². The molecule has 0 radical (unpaired) electrons.